The fourth-order valence-corrected chi connectivity index (χ4v) is 3.33. The van der Waals surface area contributed by atoms with Crippen molar-refractivity contribution in [3.05, 3.63) is 24.0 Å². The predicted octanol–water partition coefficient (Wildman–Crippen LogP) is 2.62. The fraction of sp³-hybridized carbons (Fsp3) is 0.467. The zero-order valence-electron chi connectivity index (χ0n) is 11.2. The third-order valence-corrected chi connectivity index (χ3v) is 4.45. The minimum atomic E-state index is -0.604. The largest absolute Gasteiger partial charge is 0.396 e. The SMILES string of the molecule is Nc1ccc(N2C(=O)CC3(CCCCC3)C2=O)cc1F. The van der Waals surface area contributed by atoms with Gasteiger partial charge in [0.05, 0.1) is 16.8 Å². The highest BCUT2D eigenvalue weighted by molar-refractivity contribution is 6.22. The maximum absolute atomic E-state index is 13.5. The molecule has 20 heavy (non-hydrogen) atoms. The Labute approximate surface area is 116 Å². The zero-order valence-corrected chi connectivity index (χ0v) is 11.2. The summed E-state index contributed by atoms with van der Waals surface area (Å²) in [5.41, 5.74) is 5.18. The van der Waals surface area contributed by atoms with Crippen LogP contribution in [0.1, 0.15) is 38.5 Å². The molecule has 2 aliphatic rings. The summed E-state index contributed by atoms with van der Waals surface area (Å²) in [6.45, 7) is 0. The first-order valence-corrected chi connectivity index (χ1v) is 6.96. The number of nitrogens with two attached hydrogens (primary N) is 1. The van der Waals surface area contributed by atoms with Crippen molar-refractivity contribution in [2.75, 3.05) is 10.6 Å². The highest BCUT2D eigenvalue weighted by atomic mass is 19.1. The first-order chi connectivity index (χ1) is 9.53. The summed E-state index contributed by atoms with van der Waals surface area (Å²) in [7, 11) is 0. The lowest BCUT2D eigenvalue weighted by atomic mass is 9.73. The average molecular weight is 276 g/mol. The van der Waals surface area contributed by atoms with E-state index in [1.165, 1.54) is 12.1 Å². The Hall–Kier alpha value is -1.91. The number of carbonyl (C=O) groups excluding carboxylic acids is 2. The molecule has 0 atom stereocenters. The molecule has 1 heterocycles. The van der Waals surface area contributed by atoms with E-state index in [1.54, 1.807) is 0 Å². The van der Waals surface area contributed by atoms with Gasteiger partial charge < -0.3 is 5.73 Å². The van der Waals surface area contributed by atoms with E-state index in [1.807, 2.05) is 0 Å². The topological polar surface area (TPSA) is 63.4 Å². The van der Waals surface area contributed by atoms with E-state index in [4.69, 9.17) is 5.73 Å². The van der Waals surface area contributed by atoms with Gasteiger partial charge >= 0.3 is 0 Å². The Morgan fingerprint density at radius 3 is 2.50 bits per heavy atom. The number of nitrogen functional groups attached to an aromatic ring is 1. The van der Waals surface area contributed by atoms with Crippen molar-refractivity contribution in [1.29, 1.82) is 0 Å². The van der Waals surface area contributed by atoms with Crippen molar-refractivity contribution in [2.45, 2.75) is 38.5 Å². The standard InChI is InChI=1S/C15H17FN2O2/c16-11-8-10(4-5-12(11)17)18-13(19)9-15(14(18)20)6-2-1-3-7-15/h4-5,8H,1-3,6-7,9,17H2. The van der Waals surface area contributed by atoms with Crippen LogP contribution < -0.4 is 10.6 Å². The van der Waals surface area contributed by atoms with Crippen LogP contribution in [-0.4, -0.2) is 11.8 Å². The molecule has 5 heteroatoms. The van der Waals surface area contributed by atoms with Crippen LogP contribution in [0.15, 0.2) is 18.2 Å². The Bertz CT molecular complexity index is 579. The molecule has 2 N–H and O–H groups in total. The number of amides is 2. The third kappa shape index (κ3) is 1.88. The summed E-state index contributed by atoms with van der Waals surface area (Å²) in [5, 5.41) is 0. The number of benzene rings is 1. The van der Waals surface area contributed by atoms with E-state index >= 15 is 0 Å². The number of halogens is 1. The molecule has 4 nitrogen and oxygen atoms in total. The van der Waals surface area contributed by atoms with Gasteiger partial charge in [-0.2, -0.15) is 0 Å². The van der Waals surface area contributed by atoms with Crippen molar-refractivity contribution in [2.24, 2.45) is 5.41 Å². The second kappa shape index (κ2) is 4.58. The molecule has 1 aromatic rings. The lowest BCUT2D eigenvalue weighted by Crippen LogP contribution is -2.37. The van der Waals surface area contributed by atoms with Crippen molar-refractivity contribution in [3.63, 3.8) is 0 Å². The molecule has 0 aromatic heterocycles. The van der Waals surface area contributed by atoms with E-state index in [9.17, 15) is 14.0 Å². The molecule has 106 valence electrons. The molecule has 1 spiro atoms. The van der Waals surface area contributed by atoms with Crippen molar-refractivity contribution >= 4 is 23.2 Å². The Morgan fingerprint density at radius 1 is 1.15 bits per heavy atom. The highest BCUT2D eigenvalue weighted by Crippen LogP contribution is 2.46. The molecule has 0 unspecified atom stereocenters. The maximum Gasteiger partial charge on any atom is 0.240 e. The minimum Gasteiger partial charge on any atom is -0.396 e. The summed E-state index contributed by atoms with van der Waals surface area (Å²) in [6, 6.07) is 4.07. The molecule has 1 saturated carbocycles. The summed E-state index contributed by atoms with van der Waals surface area (Å²) < 4.78 is 13.5. The number of imide groups is 1. The normalized spacial score (nSPS) is 21.8. The average Bonchev–Trinajstić information content (AvgIpc) is 2.66. The first kappa shape index (κ1) is 13.1. The Kier molecular flexibility index (Phi) is 3.00. The molecular weight excluding hydrogens is 259 g/mol. The second-order valence-electron chi connectivity index (χ2n) is 5.76. The van der Waals surface area contributed by atoms with Gasteiger partial charge in [-0.3, -0.25) is 9.59 Å². The zero-order chi connectivity index (χ0) is 14.3. The van der Waals surface area contributed by atoms with E-state index in [-0.39, 0.29) is 29.6 Å². The van der Waals surface area contributed by atoms with Gasteiger partial charge in [0.25, 0.3) is 0 Å². The third-order valence-electron chi connectivity index (χ3n) is 4.45. The van der Waals surface area contributed by atoms with Crippen LogP contribution in [0.25, 0.3) is 0 Å². The van der Waals surface area contributed by atoms with Crippen molar-refractivity contribution in [1.82, 2.24) is 0 Å². The molecule has 2 fully saturated rings. The van der Waals surface area contributed by atoms with Gasteiger partial charge in [-0.1, -0.05) is 19.3 Å². The highest BCUT2D eigenvalue weighted by Gasteiger charge is 2.52. The molecular formula is C15H17FN2O2. The van der Waals surface area contributed by atoms with E-state index < -0.39 is 11.2 Å². The predicted molar refractivity (Wildman–Crippen MR) is 73.4 cm³/mol. The van der Waals surface area contributed by atoms with Crippen LogP contribution >= 0.6 is 0 Å². The molecule has 1 aromatic carbocycles. The molecule has 2 amide bonds. The number of rotatable bonds is 1. The van der Waals surface area contributed by atoms with Crippen LogP contribution in [0.5, 0.6) is 0 Å². The lowest BCUT2D eigenvalue weighted by molar-refractivity contribution is -0.127. The van der Waals surface area contributed by atoms with E-state index in [2.05, 4.69) is 0 Å². The van der Waals surface area contributed by atoms with Gasteiger partial charge in [-0.15, -0.1) is 0 Å². The number of nitrogens with zero attached hydrogens (tertiary/aromatic N) is 1. The lowest BCUT2D eigenvalue weighted by Gasteiger charge is -2.30. The van der Waals surface area contributed by atoms with Gasteiger partial charge in [0.1, 0.15) is 5.82 Å². The smallest absolute Gasteiger partial charge is 0.240 e. The quantitative estimate of drug-likeness (QED) is 0.633. The van der Waals surface area contributed by atoms with Crippen molar-refractivity contribution in [3.8, 4) is 0 Å². The summed E-state index contributed by atoms with van der Waals surface area (Å²) in [5.74, 6) is -1.01. The van der Waals surface area contributed by atoms with Crippen LogP contribution in [0.4, 0.5) is 15.8 Å². The second-order valence-corrected chi connectivity index (χ2v) is 5.76. The maximum atomic E-state index is 13.5. The molecule has 0 radical (unpaired) electrons. The van der Waals surface area contributed by atoms with Crippen LogP contribution in [0, 0.1) is 11.2 Å². The van der Waals surface area contributed by atoms with E-state index in [0.717, 1.165) is 43.1 Å². The first-order valence-electron chi connectivity index (χ1n) is 6.96. The van der Waals surface area contributed by atoms with Crippen LogP contribution in [0.2, 0.25) is 0 Å². The minimum absolute atomic E-state index is 0.0141. The molecule has 3 rings (SSSR count). The number of anilines is 2. The van der Waals surface area contributed by atoms with Crippen LogP contribution in [0.3, 0.4) is 0 Å². The molecule has 1 aliphatic carbocycles. The summed E-state index contributed by atoms with van der Waals surface area (Å²) in [4.78, 5) is 26.0. The summed E-state index contributed by atoms with van der Waals surface area (Å²) in [6.07, 6.45) is 4.82. The Balaban J connectivity index is 1.95. The van der Waals surface area contributed by atoms with Gasteiger partial charge in [0.15, 0.2) is 0 Å². The van der Waals surface area contributed by atoms with Crippen molar-refractivity contribution < 1.29 is 14.0 Å². The molecule has 1 saturated heterocycles. The molecule has 1 aliphatic heterocycles. The van der Waals surface area contributed by atoms with Gasteiger partial charge in [-0.25, -0.2) is 9.29 Å². The Morgan fingerprint density at radius 2 is 1.85 bits per heavy atom. The monoisotopic (exact) mass is 276 g/mol. The van der Waals surface area contributed by atoms with E-state index in [0.29, 0.717) is 0 Å². The number of carbonyl (C=O) groups is 2. The number of hydrogen-bond acceptors (Lipinski definition) is 3. The van der Waals surface area contributed by atoms with Gasteiger partial charge in [0, 0.05) is 12.5 Å². The molecule has 0 bridgehead atoms. The van der Waals surface area contributed by atoms with Gasteiger partial charge in [-0.05, 0) is 25.0 Å². The van der Waals surface area contributed by atoms with Gasteiger partial charge in [0.2, 0.25) is 11.8 Å². The fourth-order valence-electron chi connectivity index (χ4n) is 3.33. The van der Waals surface area contributed by atoms with Crippen LogP contribution in [-0.2, 0) is 9.59 Å². The summed E-state index contributed by atoms with van der Waals surface area (Å²) >= 11 is 0. The number of hydrogen-bond donors (Lipinski definition) is 1.